The van der Waals surface area contributed by atoms with Gasteiger partial charge >= 0.3 is 5.97 Å². The first-order valence-electron chi connectivity index (χ1n) is 8.19. The van der Waals surface area contributed by atoms with Crippen LogP contribution in [0, 0.1) is 10.8 Å². The monoisotopic (exact) mass is 320 g/mol. The zero-order valence-electron chi connectivity index (χ0n) is 15.9. The molecule has 1 rings (SSSR count). The summed E-state index contributed by atoms with van der Waals surface area (Å²) in [7, 11) is 1.63. The van der Waals surface area contributed by atoms with E-state index in [1.165, 1.54) is 5.56 Å². The molecule has 1 aromatic carbocycles. The van der Waals surface area contributed by atoms with Crippen LogP contribution in [0.2, 0.25) is 0 Å². The first-order chi connectivity index (χ1) is 10.3. The van der Waals surface area contributed by atoms with Crippen LogP contribution in [-0.2, 0) is 16.6 Å². The smallest absolute Gasteiger partial charge is 0.309 e. The highest BCUT2D eigenvalue weighted by Crippen LogP contribution is 2.38. The standard InChI is InChI=1S/C20H32O3/c1-18(2,3)13-20(6,7)15-9-10-16(23-8)14(11-15)12-19(4,5)17(21)22/h9-11H,12-13H2,1-8H3,(H,21,22). The third-order valence-electron chi connectivity index (χ3n) is 4.25. The number of ether oxygens (including phenoxy) is 1. The predicted molar refractivity (Wildman–Crippen MR) is 95.2 cm³/mol. The largest absolute Gasteiger partial charge is 0.496 e. The fourth-order valence-corrected chi connectivity index (χ4v) is 3.32. The number of methoxy groups -OCH3 is 1. The van der Waals surface area contributed by atoms with Crippen LogP contribution < -0.4 is 4.74 Å². The normalized spacial score (nSPS) is 13.0. The van der Waals surface area contributed by atoms with E-state index in [2.05, 4.69) is 46.8 Å². The molecule has 0 heterocycles. The molecule has 0 aliphatic heterocycles. The van der Waals surface area contributed by atoms with Gasteiger partial charge in [0.25, 0.3) is 0 Å². The molecule has 0 saturated heterocycles. The number of rotatable bonds is 6. The van der Waals surface area contributed by atoms with E-state index in [1.54, 1.807) is 21.0 Å². The minimum atomic E-state index is -0.819. The van der Waals surface area contributed by atoms with E-state index in [9.17, 15) is 9.90 Å². The summed E-state index contributed by atoms with van der Waals surface area (Å²) in [6, 6.07) is 6.18. The van der Waals surface area contributed by atoms with Gasteiger partial charge in [-0.05, 0) is 54.7 Å². The highest BCUT2D eigenvalue weighted by Gasteiger charge is 2.31. The molecule has 0 atom stereocenters. The Morgan fingerprint density at radius 3 is 2.09 bits per heavy atom. The molecule has 3 nitrogen and oxygen atoms in total. The summed E-state index contributed by atoms with van der Waals surface area (Å²) in [5, 5.41) is 9.41. The van der Waals surface area contributed by atoms with Gasteiger partial charge in [-0.1, -0.05) is 46.8 Å². The van der Waals surface area contributed by atoms with Gasteiger partial charge in [0.15, 0.2) is 0 Å². The summed E-state index contributed by atoms with van der Waals surface area (Å²) in [4.78, 5) is 11.5. The third-order valence-corrected chi connectivity index (χ3v) is 4.25. The van der Waals surface area contributed by atoms with Crippen molar-refractivity contribution in [1.29, 1.82) is 0 Å². The van der Waals surface area contributed by atoms with Crippen LogP contribution >= 0.6 is 0 Å². The molecule has 0 radical (unpaired) electrons. The second-order valence-electron chi connectivity index (χ2n) is 9.01. The fourth-order valence-electron chi connectivity index (χ4n) is 3.32. The minimum Gasteiger partial charge on any atom is -0.496 e. The van der Waals surface area contributed by atoms with Gasteiger partial charge in [-0.3, -0.25) is 4.79 Å². The summed E-state index contributed by atoms with van der Waals surface area (Å²) in [6.07, 6.45) is 1.50. The number of benzene rings is 1. The van der Waals surface area contributed by atoms with Crippen molar-refractivity contribution in [3.05, 3.63) is 29.3 Å². The average molecular weight is 320 g/mol. The molecule has 1 N–H and O–H groups in total. The molecular formula is C20H32O3. The Morgan fingerprint density at radius 2 is 1.65 bits per heavy atom. The maximum Gasteiger partial charge on any atom is 0.309 e. The van der Waals surface area contributed by atoms with Gasteiger partial charge in [-0.15, -0.1) is 0 Å². The molecule has 0 saturated carbocycles. The summed E-state index contributed by atoms with van der Waals surface area (Å²) in [6.45, 7) is 14.7. The van der Waals surface area contributed by atoms with Gasteiger partial charge in [0.2, 0.25) is 0 Å². The van der Waals surface area contributed by atoms with Crippen molar-refractivity contribution in [1.82, 2.24) is 0 Å². The highest BCUT2D eigenvalue weighted by molar-refractivity contribution is 5.74. The second-order valence-corrected chi connectivity index (χ2v) is 9.01. The van der Waals surface area contributed by atoms with Crippen molar-refractivity contribution < 1.29 is 14.6 Å². The van der Waals surface area contributed by atoms with Gasteiger partial charge in [0.1, 0.15) is 5.75 Å². The van der Waals surface area contributed by atoms with Crippen molar-refractivity contribution >= 4 is 5.97 Å². The van der Waals surface area contributed by atoms with Crippen LogP contribution in [0.3, 0.4) is 0 Å². The predicted octanol–water partition coefficient (Wildman–Crippen LogP) is 5.06. The number of carbonyl (C=O) groups is 1. The van der Waals surface area contributed by atoms with Crippen LogP contribution in [0.4, 0.5) is 0 Å². The molecule has 0 amide bonds. The van der Waals surface area contributed by atoms with Crippen LogP contribution in [0.5, 0.6) is 5.75 Å². The van der Waals surface area contributed by atoms with Gasteiger partial charge in [-0.2, -0.15) is 0 Å². The molecule has 0 fully saturated rings. The molecule has 130 valence electrons. The number of hydrogen-bond donors (Lipinski definition) is 1. The maximum atomic E-state index is 11.5. The first kappa shape index (κ1) is 19.5. The van der Waals surface area contributed by atoms with Gasteiger partial charge in [-0.25, -0.2) is 0 Å². The number of hydrogen-bond acceptors (Lipinski definition) is 2. The van der Waals surface area contributed by atoms with E-state index in [0.29, 0.717) is 6.42 Å². The van der Waals surface area contributed by atoms with E-state index >= 15 is 0 Å². The molecule has 0 aliphatic rings. The van der Waals surface area contributed by atoms with Crippen molar-refractivity contribution in [2.75, 3.05) is 7.11 Å². The van der Waals surface area contributed by atoms with Gasteiger partial charge in [0, 0.05) is 0 Å². The lowest BCUT2D eigenvalue weighted by Crippen LogP contribution is -2.27. The zero-order chi connectivity index (χ0) is 18.1. The quantitative estimate of drug-likeness (QED) is 0.796. The van der Waals surface area contributed by atoms with E-state index in [-0.39, 0.29) is 10.8 Å². The lowest BCUT2D eigenvalue weighted by atomic mass is 9.71. The summed E-state index contributed by atoms with van der Waals surface area (Å²) in [5.74, 6) is -0.0338. The highest BCUT2D eigenvalue weighted by atomic mass is 16.5. The molecule has 0 unspecified atom stereocenters. The second kappa shape index (κ2) is 6.54. The van der Waals surface area contributed by atoms with Gasteiger partial charge in [0.05, 0.1) is 12.5 Å². The summed E-state index contributed by atoms with van der Waals surface area (Å²) in [5.41, 5.74) is 1.61. The topological polar surface area (TPSA) is 46.5 Å². The summed E-state index contributed by atoms with van der Waals surface area (Å²) < 4.78 is 5.45. The van der Waals surface area contributed by atoms with Crippen LogP contribution in [0.1, 0.15) is 66.0 Å². The Kier molecular flexibility index (Phi) is 5.56. The van der Waals surface area contributed by atoms with E-state index in [1.807, 2.05) is 6.07 Å². The Balaban J connectivity index is 3.25. The van der Waals surface area contributed by atoms with E-state index in [4.69, 9.17) is 4.74 Å². The molecule has 3 heteroatoms. The van der Waals surface area contributed by atoms with Crippen molar-refractivity contribution in [3.63, 3.8) is 0 Å². The van der Waals surface area contributed by atoms with E-state index < -0.39 is 11.4 Å². The maximum absolute atomic E-state index is 11.5. The molecule has 0 spiro atoms. The third kappa shape index (κ3) is 5.26. The molecule has 0 aromatic heterocycles. The van der Waals surface area contributed by atoms with Crippen LogP contribution in [0.15, 0.2) is 18.2 Å². The molecule has 23 heavy (non-hydrogen) atoms. The van der Waals surface area contributed by atoms with Crippen molar-refractivity contribution in [2.45, 2.75) is 66.7 Å². The fraction of sp³-hybridized carbons (Fsp3) is 0.650. The Bertz CT molecular complexity index is 563. The molecule has 0 aliphatic carbocycles. The molecular weight excluding hydrogens is 288 g/mol. The lowest BCUT2D eigenvalue weighted by molar-refractivity contribution is -0.146. The van der Waals surface area contributed by atoms with Crippen LogP contribution in [0.25, 0.3) is 0 Å². The van der Waals surface area contributed by atoms with Gasteiger partial charge < -0.3 is 9.84 Å². The first-order valence-corrected chi connectivity index (χ1v) is 8.19. The van der Waals surface area contributed by atoms with Crippen molar-refractivity contribution in [2.24, 2.45) is 10.8 Å². The number of carboxylic acids is 1. The zero-order valence-corrected chi connectivity index (χ0v) is 15.9. The number of carboxylic acid groups (broad SMARTS) is 1. The Labute approximate surface area is 141 Å². The Hall–Kier alpha value is -1.51. The minimum absolute atomic E-state index is 0.0205. The Morgan fingerprint density at radius 1 is 1.09 bits per heavy atom. The molecule has 1 aromatic rings. The SMILES string of the molecule is COc1ccc(C(C)(C)CC(C)(C)C)cc1CC(C)(C)C(=O)O. The van der Waals surface area contributed by atoms with Crippen molar-refractivity contribution in [3.8, 4) is 5.75 Å². The van der Waals surface area contributed by atoms with E-state index in [0.717, 1.165) is 17.7 Å². The molecule has 0 bridgehead atoms. The summed E-state index contributed by atoms with van der Waals surface area (Å²) >= 11 is 0. The average Bonchev–Trinajstić information content (AvgIpc) is 2.35. The number of aliphatic carboxylic acids is 1. The lowest BCUT2D eigenvalue weighted by Gasteiger charge is -2.33. The van der Waals surface area contributed by atoms with Crippen LogP contribution in [-0.4, -0.2) is 18.2 Å².